The summed E-state index contributed by atoms with van der Waals surface area (Å²) in [4.78, 5) is 2.28. The monoisotopic (exact) mass is 287 g/mol. The third-order valence-corrected chi connectivity index (χ3v) is 3.61. The van der Waals surface area contributed by atoms with E-state index in [0.29, 0.717) is 6.54 Å². The molecule has 0 aliphatic rings. The zero-order valence-electron chi connectivity index (χ0n) is 12.9. The van der Waals surface area contributed by atoms with Crippen molar-refractivity contribution in [3.05, 3.63) is 53.9 Å². The van der Waals surface area contributed by atoms with Crippen LogP contribution >= 0.6 is 0 Å². The molecule has 1 N–H and O–H groups in total. The Labute approximate surface area is 127 Å². The molecule has 0 amide bonds. The van der Waals surface area contributed by atoms with Gasteiger partial charge in [-0.1, -0.05) is 37.3 Å². The van der Waals surface area contributed by atoms with Crippen LogP contribution in [0.25, 0.3) is 0 Å². The highest BCUT2D eigenvalue weighted by atomic mass is 16.3. The predicted molar refractivity (Wildman–Crippen MR) is 84.8 cm³/mol. The van der Waals surface area contributed by atoms with Gasteiger partial charge in [-0.05, 0) is 18.9 Å². The molecule has 0 radical (unpaired) electrons. The Morgan fingerprint density at radius 2 is 1.86 bits per heavy atom. The number of aliphatic hydroxyl groups excluding tert-OH is 1. The molecular formula is C17H25N3O. The molecule has 4 nitrogen and oxygen atoms in total. The van der Waals surface area contributed by atoms with Gasteiger partial charge in [-0.25, -0.2) is 0 Å². The average molecular weight is 287 g/mol. The number of aromatic nitrogens is 2. The van der Waals surface area contributed by atoms with Crippen LogP contribution in [0.15, 0.2) is 42.7 Å². The standard InChI is InChI=1S/C17H25N3O/c1-3-17(21)14-19(11-15-8-6-5-7-9-15)12-16-10-18-20(4-2)13-16/h5-10,13,17,21H,3-4,11-12,14H2,1-2H3. The van der Waals surface area contributed by atoms with E-state index in [4.69, 9.17) is 0 Å². The quantitative estimate of drug-likeness (QED) is 0.811. The van der Waals surface area contributed by atoms with E-state index >= 15 is 0 Å². The summed E-state index contributed by atoms with van der Waals surface area (Å²) in [5, 5.41) is 14.3. The van der Waals surface area contributed by atoms with Crippen molar-refractivity contribution in [2.75, 3.05) is 6.54 Å². The molecule has 4 heteroatoms. The first-order chi connectivity index (χ1) is 10.2. The Hall–Kier alpha value is -1.65. The van der Waals surface area contributed by atoms with Crippen molar-refractivity contribution in [2.24, 2.45) is 0 Å². The largest absolute Gasteiger partial charge is 0.392 e. The number of aliphatic hydroxyl groups is 1. The summed E-state index contributed by atoms with van der Waals surface area (Å²) in [6, 6.07) is 10.4. The fraction of sp³-hybridized carbons (Fsp3) is 0.471. The van der Waals surface area contributed by atoms with Gasteiger partial charge < -0.3 is 5.11 Å². The summed E-state index contributed by atoms with van der Waals surface area (Å²) in [7, 11) is 0. The van der Waals surface area contributed by atoms with Crippen molar-refractivity contribution in [1.29, 1.82) is 0 Å². The first kappa shape index (κ1) is 15.7. The van der Waals surface area contributed by atoms with Gasteiger partial charge in [0.05, 0.1) is 12.3 Å². The summed E-state index contributed by atoms with van der Waals surface area (Å²) < 4.78 is 1.94. The van der Waals surface area contributed by atoms with Gasteiger partial charge in [0.2, 0.25) is 0 Å². The van der Waals surface area contributed by atoms with Gasteiger partial charge >= 0.3 is 0 Å². The summed E-state index contributed by atoms with van der Waals surface area (Å²) >= 11 is 0. The second-order valence-corrected chi connectivity index (χ2v) is 5.42. The van der Waals surface area contributed by atoms with Gasteiger partial charge in [0, 0.05) is 37.9 Å². The van der Waals surface area contributed by atoms with Crippen LogP contribution in [-0.2, 0) is 19.6 Å². The first-order valence-electron chi connectivity index (χ1n) is 7.67. The number of hydrogen-bond donors (Lipinski definition) is 1. The summed E-state index contributed by atoms with van der Waals surface area (Å²) in [6.07, 6.45) is 4.49. The normalized spacial score (nSPS) is 12.8. The van der Waals surface area contributed by atoms with Gasteiger partial charge in [-0.3, -0.25) is 9.58 Å². The van der Waals surface area contributed by atoms with Crippen LogP contribution < -0.4 is 0 Å². The molecule has 1 aromatic carbocycles. The van der Waals surface area contributed by atoms with Crippen molar-refractivity contribution in [3.8, 4) is 0 Å². The Morgan fingerprint density at radius 3 is 2.48 bits per heavy atom. The van der Waals surface area contributed by atoms with Crippen molar-refractivity contribution in [1.82, 2.24) is 14.7 Å². The minimum atomic E-state index is -0.282. The van der Waals surface area contributed by atoms with Gasteiger partial charge in [-0.2, -0.15) is 5.10 Å². The SMILES string of the molecule is CCC(O)CN(Cc1ccccc1)Cc1cnn(CC)c1. The lowest BCUT2D eigenvalue weighted by Crippen LogP contribution is -2.31. The first-order valence-corrected chi connectivity index (χ1v) is 7.67. The summed E-state index contributed by atoms with van der Waals surface area (Å²) in [5.41, 5.74) is 2.46. The Balaban J connectivity index is 2.04. The molecular weight excluding hydrogens is 262 g/mol. The minimum Gasteiger partial charge on any atom is -0.392 e. The second-order valence-electron chi connectivity index (χ2n) is 5.42. The Morgan fingerprint density at radius 1 is 1.14 bits per heavy atom. The second kappa shape index (κ2) is 7.96. The number of rotatable bonds is 8. The van der Waals surface area contributed by atoms with E-state index in [9.17, 15) is 5.11 Å². The number of aryl methyl sites for hydroxylation is 1. The molecule has 1 heterocycles. The molecule has 1 atom stereocenters. The molecule has 21 heavy (non-hydrogen) atoms. The molecule has 0 fully saturated rings. The van der Waals surface area contributed by atoms with E-state index in [1.807, 2.05) is 23.9 Å². The van der Waals surface area contributed by atoms with Crippen LogP contribution in [0.2, 0.25) is 0 Å². The summed E-state index contributed by atoms with van der Waals surface area (Å²) in [5.74, 6) is 0. The lowest BCUT2D eigenvalue weighted by atomic mass is 10.1. The highest BCUT2D eigenvalue weighted by molar-refractivity contribution is 5.15. The average Bonchev–Trinajstić information content (AvgIpc) is 2.95. The molecule has 1 aromatic heterocycles. The van der Waals surface area contributed by atoms with Crippen LogP contribution in [0.5, 0.6) is 0 Å². The van der Waals surface area contributed by atoms with Crippen molar-refractivity contribution in [3.63, 3.8) is 0 Å². The van der Waals surface area contributed by atoms with E-state index < -0.39 is 0 Å². The van der Waals surface area contributed by atoms with E-state index in [-0.39, 0.29) is 6.10 Å². The number of benzene rings is 1. The van der Waals surface area contributed by atoms with Crippen molar-refractivity contribution < 1.29 is 5.11 Å². The van der Waals surface area contributed by atoms with Crippen molar-refractivity contribution >= 4 is 0 Å². The van der Waals surface area contributed by atoms with Crippen LogP contribution in [0.1, 0.15) is 31.4 Å². The molecule has 0 aliphatic heterocycles. The third-order valence-electron chi connectivity index (χ3n) is 3.61. The van der Waals surface area contributed by atoms with Crippen LogP contribution in [0, 0.1) is 0 Å². The van der Waals surface area contributed by atoms with E-state index in [1.165, 1.54) is 11.1 Å². The zero-order chi connectivity index (χ0) is 15.1. The number of nitrogens with zero attached hydrogens (tertiary/aromatic N) is 3. The zero-order valence-corrected chi connectivity index (χ0v) is 12.9. The van der Waals surface area contributed by atoms with Gasteiger partial charge in [0.25, 0.3) is 0 Å². The van der Waals surface area contributed by atoms with Crippen molar-refractivity contribution in [2.45, 2.75) is 46.0 Å². The fourth-order valence-electron chi connectivity index (χ4n) is 2.37. The predicted octanol–water partition coefficient (Wildman–Crippen LogP) is 2.68. The molecule has 114 valence electrons. The lowest BCUT2D eigenvalue weighted by Gasteiger charge is -2.24. The Bertz CT molecular complexity index is 524. The summed E-state index contributed by atoms with van der Waals surface area (Å²) in [6.45, 7) is 7.32. The molecule has 2 rings (SSSR count). The topological polar surface area (TPSA) is 41.3 Å². The van der Waals surface area contributed by atoms with Gasteiger partial charge in [-0.15, -0.1) is 0 Å². The van der Waals surface area contributed by atoms with Crippen LogP contribution in [0.3, 0.4) is 0 Å². The molecule has 0 spiro atoms. The maximum absolute atomic E-state index is 9.97. The Kier molecular flexibility index (Phi) is 5.96. The molecule has 1 unspecified atom stereocenters. The number of hydrogen-bond acceptors (Lipinski definition) is 3. The smallest absolute Gasteiger partial charge is 0.0664 e. The molecule has 0 saturated carbocycles. The van der Waals surface area contributed by atoms with Gasteiger partial charge in [0.1, 0.15) is 0 Å². The van der Waals surface area contributed by atoms with E-state index in [2.05, 4.69) is 47.4 Å². The third kappa shape index (κ3) is 4.99. The van der Waals surface area contributed by atoms with E-state index in [0.717, 1.165) is 26.1 Å². The highest BCUT2D eigenvalue weighted by Gasteiger charge is 2.12. The van der Waals surface area contributed by atoms with Gasteiger partial charge in [0.15, 0.2) is 0 Å². The maximum atomic E-state index is 9.97. The molecule has 0 saturated heterocycles. The van der Waals surface area contributed by atoms with E-state index in [1.54, 1.807) is 0 Å². The fourth-order valence-corrected chi connectivity index (χ4v) is 2.37. The molecule has 0 aliphatic carbocycles. The van der Waals surface area contributed by atoms with Crippen LogP contribution in [-0.4, -0.2) is 32.4 Å². The highest BCUT2D eigenvalue weighted by Crippen LogP contribution is 2.11. The molecule has 0 bridgehead atoms. The van der Waals surface area contributed by atoms with Crippen LogP contribution in [0.4, 0.5) is 0 Å². The minimum absolute atomic E-state index is 0.282. The molecule has 2 aromatic rings. The maximum Gasteiger partial charge on any atom is 0.0664 e. The lowest BCUT2D eigenvalue weighted by molar-refractivity contribution is 0.101.